The molecule has 0 amide bonds. The van der Waals surface area contributed by atoms with Crippen molar-refractivity contribution in [3.05, 3.63) is 59.7 Å². The molecular weight excluding hydrogens is 322 g/mol. The van der Waals surface area contributed by atoms with Crippen LogP contribution in [0, 0.1) is 0 Å². The molecule has 0 N–H and O–H groups in total. The zero-order valence-electron chi connectivity index (χ0n) is 15.9. The molecule has 1 atom stereocenters. The highest BCUT2D eigenvalue weighted by atomic mass is 16.5. The van der Waals surface area contributed by atoms with Gasteiger partial charge in [0.25, 0.3) is 0 Å². The number of carbonyl (C=O) groups is 1. The van der Waals surface area contributed by atoms with Crippen molar-refractivity contribution in [2.24, 2.45) is 0 Å². The Balaban J connectivity index is 1.83. The van der Waals surface area contributed by atoms with Gasteiger partial charge in [0.2, 0.25) is 0 Å². The van der Waals surface area contributed by atoms with E-state index < -0.39 is 0 Å². The summed E-state index contributed by atoms with van der Waals surface area (Å²) in [5.74, 6) is 1.23. The molecule has 0 bridgehead atoms. The molecule has 1 aliphatic heterocycles. The average Bonchev–Trinajstić information content (AvgIpc) is 2.68. The summed E-state index contributed by atoms with van der Waals surface area (Å²) in [6.45, 7) is 3.11. The van der Waals surface area contributed by atoms with Gasteiger partial charge in [-0.1, -0.05) is 44.0 Å². The lowest BCUT2D eigenvalue weighted by atomic mass is 9.88. The zero-order valence-corrected chi connectivity index (χ0v) is 15.9. The maximum Gasteiger partial charge on any atom is 0.135 e. The minimum atomic E-state index is 0.127. The molecule has 0 aliphatic carbocycles. The highest BCUT2D eigenvalue weighted by Gasteiger charge is 2.29. The second kappa shape index (κ2) is 8.88. The molecule has 1 aliphatic rings. The number of nitrogens with zero attached hydrogens (tertiary/aromatic N) is 1. The fourth-order valence-corrected chi connectivity index (χ4v) is 3.84. The van der Waals surface area contributed by atoms with Gasteiger partial charge in [-0.25, -0.2) is 0 Å². The molecule has 0 saturated carbocycles. The van der Waals surface area contributed by atoms with Crippen molar-refractivity contribution in [3.63, 3.8) is 0 Å². The van der Waals surface area contributed by atoms with E-state index >= 15 is 0 Å². The van der Waals surface area contributed by atoms with E-state index in [4.69, 9.17) is 4.74 Å². The number of fused-ring (bicyclic) bond motifs is 1. The standard InChI is InChI=1S/C23H29NO2/c1-3-4-5-9-20(25)17-23-22-10-7-6-8-18(22)15-16-24(23)19-11-13-21(26-2)14-12-19/h6-8,10-14,23H,3-5,9,15-17H2,1-2H3. The van der Waals surface area contributed by atoms with E-state index in [1.165, 1.54) is 11.1 Å². The van der Waals surface area contributed by atoms with Gasteiger partial charge in [0.1, 0.15) is 11.5 Å². The van der Waals surface area contributed by atoms with Gasteiger partial charge < -0.3 is 9.64 Å². The summed E-state index contributed by atoms with van der Waals surface area (Å²) in [4.78, 5) is 15.0. The van der Waals surface area contributed by atoms with Gasteiger partial charge in [0, 0.05) is 25.1 Å². The third-order valence-corrected chi connectivity index (χ3v) is 5.30. The minimum Gasteiger partial charge on any atom is -0.497 e. The number of Topliss-reactive ketones (excluding diaryl/α,β-unsaturated/α-hetero) is 1. The van der Waals surface area contributed by atoms with Crippen molar-refractivity contribution in [2.75, 3.05) is 18.6 Å². The molecule has 2 aromatic rings. The Morgan fingerprint density at radius 2 is 1.88 bits per heavy atom. The third kappa shape index (κ3) is 4.27. The lowest BCUT2D eigenvalue weighted by Gasteiger charge is -2.39. The Bertz CT molecular complexity index is 723. The van der Waals surface area contributed by atoms with E-state index in [1.54, 1.807) is 7.11 Å². The Kier molecular flexibility index (Phi) is 6.32. The fourth-order valence-electron chi connectivity index (χ4n) is 3.84. The van der Waals surface area contributed by atoms with Gasteiger partial charge in [0.15, 0.2) is 0 Å². The topological polar surface area (TPSA) is 29.5 Å². The first-order valence-electron chi connectivity index (χ1n) is 9.73. The van der Waals surface area contributed by atoms with Crippen molar-refractivity contribution in [1.82, 2.24) is 0 Å². The maximum atomic E-state index is 12.6. The smallest absolute Gasteiger partial charge is 0.135 e. The molecular formula is C23H29NO2. The quantitative estimate of drug-likeness (QED) is 0.601. The van der Waals surface area contributed by atoms with Crippen LogP contribution in [-0.2, 0) is 11.2 Å². The zero-order chi connectivity index (χ0) is 18.4. The second-order valence-corrected chi connectivity index (χ2v) is 7.06. The molecule has 26 heavy (non-hydrogen) atoms. The summed E-state index contributed by atoms with van der Waals surface area (Å²) in [6, 6.07) is 16.9. The van der Waals surface area contributed by atoms with E-state index in [-0.39, 0.29) is 6.04 Å². The molecule has 3 heteroatoms. The number of ketones is 1. The summed E-state index contributed by atoms with van der Waals surface area (Å²) >= 11 is 0. The van der Waals surface area contributed by atoms with Gasteiger partial charge in [-0.2, -0.15) is 0 Å². The molecule has 0 aromatic heterocycles. The van der Waals surface area contributed by atoms with Crippen molar-refractivity contribution in [2.45, 2.75) is 51.5 Å². The number of carbonyl (C=O) groups excluding carboxylic acids is 1. The van der Waals surface area contributed by atoms with Crippen LogP contribution in [0.3, 0.4) is 0 Å². The summed E-state index contributed by atoms with van der Waals surface area (Å²) in [5, 5.41) is 0. The number of benzene rings is 2. The predicted octanol–water partition coefficient (Wildman–Crippen LogP) is 5.34. The van der Waals surface area contributed by atoms with Crippen LogP contribution in [0.4, 0.5) is 5.69 Å². The van der Waals surface area contributed by atoms with E-state index in [0.29, 0.717) is 18.6 Å². The van der Waals surface area contributed by atoms with Crippen LogP contribution >= 0.6 is 0 Å². The summed E-state index contributed by atoms with van der Waals surface area (Å²) < 4.78 is 5.29. The Morgan fingerprint density at radius 1 is 1.12 bits per heavy atom. The number of ether oxygens (including phenoxy) is 1. The molecule has 0 saturated heterocycles. The molecule has 1 unspecified atom stereocenters. The van der Waals surface area contributed by atoms with Crippen molar-refractivity contribution < 1.29 is 9.53 Å². The van der Waals surface area contributed by atoms with Gasteiger partial charge in [0.05, 0.1) is 13.2 Å². The summed E-state index contributed by atoms with van der Waals surface area (Å²) in [6.07, 6.45) is 5.59. The van der Waals surface area contributed by atoms with Crippen LogP contribution in [0.5, 0.6) is 5.75 Å². The van der Waals surface area contributed by atoms with Crippen molar-refractivity contribution >= 4 is 11.5 Å². The lowest BCUT2D eigenvalue weighted by molar-refractivity contribution is -0.119. The number of rotatable bonds is 8. The van der Waals surface area contributed by atoms with Crippen molar-refractivity contribution in [3.8, 4) is 5.75 Å². The maximum absolute atomic E-state index is 12.6. The van der Waals surface area contributed by atoms with Crippen LogP contribution in [0.25, 0.3) is 0 Å². The van der Waals surface area contributed by atoms with E-state index in [9.17, 15) is 4.79 Å². The van der Waals surface area contributed by atoms with Crippen LogP contribution in [-0.4, -0.2) is 19.4 Å². The first-order chi connectivity index (χ1) is 12.7. The van der Waals surface area contributed by atoms with Gasteiger partial charge in [-0.3, -0.25) is 4.79 Å². The predicted molar refractivity (Wildman–Crippen MR) is 107 cm³/mol. The third-order valence-electron chi connectivity index (χ3n) is 5.30. The van der Waals surface area contributed by atoms with Crippen LogP contribution in [0.2, 0.25) is 0 Å². The van der Waals surface area contributed by atoms with Gasteiger partial charge >= 0.3 is 0 Å². The van der Waals surface area contributed by atoms with E-state index in [0.717, 1.165) is 43.7 Å². The van der Waals surface area contributed by atoms with Crippen molar-refractivity contribution in [1.29, 1.82) is 0 Å². The lowest BCUT2D eigenvalue weighted by Crippen LogP contribution is -2.36. The average molecular weight is 351 g/mol. The normalized spacial score (nSPS) is 16.2. The molecule has 138 valence electrons. The highest BCUT2D eigenvalue weighted by molar-refractivity contribution is 5.80. The number of hydrogen-bond donors (Lipinski definition) is 0. The minimum absolute atomic E-state index is 0.127. The van der Waals surface area contributed by atoms with E-state index in [2.05, 4.69) is 48.2 Å². The monoisotopic (exact) mass is 351 g/mol. The fraction of sp³-hybridized carbons (Fsp3) is 0.435. The molecule has 3 rings (SSSR count). The number of hydrogen-bond acceptors (Lipinski definition) is 3. The molecule has 2 aromatic carbocycles. The highest BCUT2D eigenvalue weighted by Crippen LogP contribution is 2.36. The second-order valence-electron chi connectivity index (χ2n) is 7.06. The van der Waals surface area contributed by atoms with E-state index in [1.807, 2.05) is 12.1 Å². The Labute approximate surface area is 157 Å². The molecule has 0 spiro atoms. The SMILES string of the molecule is CCCCCC(=O)CC1c2ccccc2CCN1c1ccc(OC)cc1. The molecule has 3 nitrogen and oxygen atoms in total. The first kappa shape index (κ1) is 18.5. The molecule has 0 radical (unpaired) electrons. The largest absolute Gasteiger partial charge is 0.497 e. The number of anilines is 1. The van der Waals surface area contributed by atoms with Gasteiger partial charge in [-0.05, 0) is 48.2 Å². The first-order valence-corrected chi connectivity index (χ1v) is 9.73. The summed E-state index contributed by atoms with van der Waals surface area (Å²) in [7, 11) is 1.68. The molecule has 0 fully saturated rings. The number of unbranched alkanes of at least 4 members (excludes halogenated alkanes) is 2. The van der Waals surface area contributed by atoms with Gasteiger partial charge in [-0.15, -0.1) is 0 Å². The Morgan fingerprint density at radius 3 is 2.62 bits per heavy atom. The Hall–Kier alpha value is -2.29. The number of methoxy groups -OCH3 is 1. The molecule has 1 heterocycles. The van der Waals surface area contributed by atoms with Crippen LogP contribution in [0.15, 0.2) is 48.5 Å². The van der Waals surface area contributed by atoms with Crippen LogP contribution in [0.1, 0.15) is 56.2 Å². The van der Waals surface area contributed by atoms with Crippen LogP contribution < -0.4 is 9.64 Å². The summed E-state index contributed by atoms with van der Waals surface area (Å²) in [5.41, 5.74) is 3.84.